The van der Waals surface area contributed by atoms with Crippen molar-refractivity contribution >= 4 is 24.2 Å². The van der Waals surface area contributed by atoms with Crippen molar-refractivity contribution in [3.05, 3.63) is 23.3 Å². The largest absolute Gasteiger partial charge is 1.00 e. The molecule has 0 saturated carbocycles. The van der Waals surface area contributed by atoms with Crippen molar-refractivity contribution in [1.29, 1.82) is 0 Å². The molecule has 0 radical (unpaired) electrons. The summed E-state index contributed by atoms with van der Waals surface area (Å²) in [6.45, 7) is 4.54. The first-order chi connectivity index (χ1) is 11.9. The summed E-state index contributed by atoms with van der Waals surface area (Å²) in [5.41, 5.74) is 5.94. The van der Waals surface area contributed by atoms with E-state index in [-0.39, 0.29) is 63.2 Å². The maximum atomic E-state index is 13.1. The van der Waals surface area contributed by atoms with Crippen molar-refractivity contribution in [2.75, 3.05) is 31.9 Å². The van der Waals surface area contributed by atoms with Crippen molar-refractivity contribution in [3.8, 4) is 0 Å². The van der Waals surface area contributed by atoms with Gasteiger partial charge in [-0.3, -0.25) is 4.90 Å². The monoisotopic (exact) mass is 411 g/mol. The average Bonchev–Trinajstić information content (AvgIpc) is 2.49. The summed E-state index contributed by atoms with van der Waals surface area (Å²) < 4.78 is 44.6. The molecule has 1 aliphatic rings. The van der Waals surface area contributed by atoms with Gasteiger partial charge in [0.1, 0.15) is 5.60 Å². The maximum absolute atomic E-state index is 13.1. The molecule has 27 heavy (non-hydrogen) atoms. The number of amides is 1. The van der Waals surface area contributed by atoms with Crippen LogP contribution in [-0.2, 0) is 11.3 Å². The van der Waals surface area contributed by atoms with E-state index in [1.54, 1.807) is 11.8 Å². The van der Waals surface area contributed by atoms with Crippen LogP contribution in [0.3, 0.4) is 0 Å². The number of nitrogens with zero attached hydrogens (tertiary/aromatic N) is 2. The van der Waals surface area contributed by atoms with Crippen LogP contribution >= 0.6 is 0 Å². The second-order valence-electron chi connectivity index (χ2n) is 7.71. The van der Waals surface area contributed by atoms with Crippen LogP contribution < -0.4 is 62.6 Å². The number of nitrogen functional groups attached to an aromatic ring is 1. The molecular weight excluding hydrogens is 385 g/mol. The molecule has 2 N–H and O–H groups in total. The zero-order chi connectivity index (χ0) is 19.7. The van der Waals surface area contributed by atoms with Gasteiger partial charge in [0.15, 0.2) is 0 Å². The van der Waals surface area contributed by atoms with E-state index in [0.717, 1.165) is 6.07 Å². The van der Waals surface area contributed by atoms with Crippen molar-refractivity contribution in [1.82, 2.24) is 9.80 Å². The van der Waals surface area contributed by atoms with Gasteiger partial charge in [-0.15, -0.1) is 5.46 Å². The van der Waals surface area contributed by atoms with Gasteiger partial charge in [0, 0.05) is 38.4 Å². The third-order valence-electron chi connectivity index (χ3n) is 4.37. The van der Waals surface area contributed by atoms with Gasteiger partial charge in [0.05, 0.1) is 0 Å². The van der Waals surface area contributed by atoms with Crippen LogP contribution in [0.25, 0.3) is 0 Å². The Hall–Kier alpha value is -0.259. The molecule has 0 aromatic heterocycles. The number of nitrogens with two attached hydrogens (primary N) is 1. The molecular formula is C17H26BF3KN3O2. The second-order valence-corrected chi connectivity index (χ2v) is 7.71. The summed E-state index contributed by atoms with van der Waals surface area (Å²) in [6, 6.07) is 2.19. The van der Waals surface area contributed by atoms with Gasteiger partial charge in [-0.25, -0.2) is 4.79 Å². The van der Waals surface area contributed by atoms with Crippen molar-refractivity contribution in [2.45, 2.75) is 39.8 Å². The van der Waals surface area contributed by atoms with Crippen LogP contribution in [-0.4, -0.2) is 54.7 Å². The Morgan fingerprint density at radius 1 is 1.19 bits per heavy atom. The standard InChI is InChI=1S/C17H26BF3N3O2.K/c1-12-13(9-14(10-15(12)22)18(19,20)21)11-23-5-7-24(8-6-23)16(25)26-17(2,3)4;/h9-10H,5-8,11,22H2,1-4H3;/q-1;+1. The predicted molar refractivity (Wildman–Crippen MR) is 97.4 cm³/mol. The first-order valence-corrected chi connectivity index (χ1v) is 8.66. The molecule has 1 heterocycles. The van der Waals surface area contributed by atoms with E-state index >= 15 is 0 Å². The van der Waals surface area contributed by atoms with E-state index < -0.39 is 18.0 Å². The Bertz CT molecular complexity index is 673. The van der Waals surface area contributed by atoms with E-state index in [1.807, 2.05) is 25.7 Å². The minimum absolute atomic E-state index is 0. The number of anilines is 1. The number of benzene rings is 1. The van der Waals surface area contributed by atoms with Gasteiger partial charge in [-0.2, -0.15) is 0 Å². The van der Waals surface area contributed by atoms with Gasteiger partial charge in [0.2, 0.25) is 0 Å². The zero-order valence-electron chi connectivity index (χ0n) is 16.7. The molecule has 2 rings (SSSR count). The topological polar surface area (TPSA) is 58.8 Å². The van der Waals surface area contributed by atoms with Crippen LogP contribution in [0.4, 0.5) is 23.4 Å². The van der Waals surface area contributed by atoms with Crippen LogP contribution in [0.2, 0.25) is 0 Å². The van der Waals surface area contributed by atoms with E-state index in [1.165, 1.54) is 6.07 Å². The third kappa shape index (κ3) is 7.25. The molecule has 146 valence electrons. The quantitative estimate of drug-likeness (QED) is 0.548. The van der Waals surface area contributed by atoms with Crippen LogP contribution in [0, 0.1) is 6.92 Å². The number of hydrogen-bond donors (Lipinski definition) is 1. The summed E-state index contributed by atoms with van der Waals surface area (Å²) >= 11 is 0. The zero-order valence-corrected chi connectivity index (χ0v) is 19.8. The summed E-state index contributed by atoms with van der Waals surface area (Å²) in [5, 5.41) is 0. The summed E-state index contributed by atoms with van der Waals surface area (Å²) in [5.74, 6) is 0. The SMILES string of the molecule is Cc1c(N)cc([B-](F)(F)F)cc1CN1CCN(C(=O)OC(C)(C)C)CC1.[K+]. The number of ether oxygens (including phenoxy) is 1. The minimum Gasteiger partial charge on any atom is -0.445 e. The average molecular weight is 411 g/mol. The fourth-order valence-corrected chi connectivity index (χ4v) is 2.83. The molecule has 1 aliphatic heterocycles. The third-order valence-corrected chi connectivity index (χ3v) is 4.37. The van der Waals surface area contributed by atoms with Gasteiger partial charge >= 0.3 is 64.5 Å². The Balaban J connectivity index is 0.00000364. The Labute approximate surface area is 201 Å². The Morgan fingerprint density at radius 3 is 2.22 bits per heavy atom. The normalized spacial score (nSPS) is 16.0. The fourth-order valence-electron chi connectivity index (χ4n) is 2.83. The number of halogens is 3. The smallest absolute Gasteiger partial charge is 0.445 e. The van der Waals surface area contributed by atoms with Crippen molar-refractivity contribution < 1.29 is 73.9 Å². The van der Waals surface area contributed by atoms with E-state index in [0.29, 0.717) is 43.9 Å². The molecule has 0 spiro atoms. The first-order valence-electron chi connectivity index (χ1n) is 8.66. The van der Waals surface area contributed by atoms with Crippen molar-refractivity contribution in [3.63, 3.8) is 0 Å². The summed E-state index contributed by atoms with van der Waals surface area (Å²) in [6.07, 6.45) is -0.362. The molecule has 1 saturated heterocycles. The van der Waals surface area contributed by atoms with Crippen LogP contribution in [0.15, 0.2) is 12.1 Å². The molecule has 0 unspecified atom stereocenters. The second kappa shape index (κ2) is 9.49. The number of hydrogen-bond acceptors (Lipinski definition) is 4. The van der Waals surface area contributed by atoms with Crippen LogP contribution in [0.1, 0.15) is 31.9 Å². The van der Waals surface area contributed by atoms with E-state index in [9.17, 15) is 17.7 Å². The fraction of sp³-hybridized carbons (Fsp3) is 0.588. The van der Waals surface area contributed by atoms with Crippen molar-refractivity contribution in [2.24, 2.45) is 0 Å². The molecule has 1 aromatic rings. The number of piperazine rings is 1. The number of rotatable bonds is 3. The van der Waals surface area contributed by atoms with E-state index in [2.05, 4.69) is 0 Å². The Morgan fingerprint density at radius 2 is 1.74 bits per heavy atom. The molecule has 1 fully saturated rings. The number of carbonyl (C=O) groups is 1. The summed E-state index contributed by atoms with van der Waals surface area (Å²) in [7, 11) is 0. The Kier molecular flexibility index (Phi) is 8.71. The van der Waals surface area contributed by atoms with Gasteiger partial charge in [0.25, 0.3) is 0 Å². The summed E-state index contributed by atoms with van der Waals surface area (Å²) in [4.78, 5) is 15.7. The van der Waals surface area contributed by atoms with E-state index in [4.69, 9.17) is 10.5 Å². The number of carbonyl (C=O) groups excluding carboxylic acids is 1. The molecule has 0 atom stereocenters. The van der Waals surface area contributed by atoms with Gasteiger partial charge in [-0.1, -0.05) is 12.1 Å². The molecule has 10 heteroatoms. The predicted octanol–water partition coefficient (Wildman–Crippen LogP) is -0.312. The molecule has 0 bridgehead atoms. The van der Waals surface area contributed by atoms with Gasteiger partial charge < -0.3 is 28.3 Å². The first kappa shape index (κ1) is 24.8. The minimum atomic E-state index is -5.09. The maximum Gasteiger partial charge on any atom is 1.00 e. The molecule has 5 nitrogen and oxygen atoms in total. The molecule has 1 amide bonds. The molecule has 1 aromatic carbocycles. The molecule has 0 aliphatic carbocycles. The van der Waals surface area contributed by atoms with Crippen LogP contribution in [0.5, 0.6) is 0 Å². The van der Waals surface area contributed by atoms with Gasteiger partial charge in [-0.05, 0) is 38.8 Å².